The molecule has 8 heteroatoms. The fraction of sp³-hybridized carbons (Fsp3) is 0.217. The van der Waals surface area contributed by atoms with Crippen LogP contribution in [-0.4, -0.2) is 25.4 Å². The molecule has 0 spiro atoms. The van der Waals surface area contributed by atoms with Gasteiger partial charge in [-0.15, -0.1) is 0 Å². The van der Waals surface area contributed by atoms with Gasteiger partial charge >= 0.3 is 0 Å². The number of aromatic nitrogens is 4. The number of para-hydroxylation sites is 1. The number of nitrogens with zero attached hydrogens (tertiary/aromatic N) is 2. The minimum atomic E-state index is -0.243. The van der Waals surface area contributed by atoms with Gasteiger partial charge in [0, 0.05) is 13.0 Å². The van der Waals surface area contributed by atoms with Gasteiger partial charge in [-0.25, -0.2) is 4.98 Å². The highest BCUT2D eigenvalue weighted by Crippen LogP contribution is 2.20. The Labute approximate surface area is 184 Å². The average molecular weight is 434 g/mol. The van der Waals surface area contributed by atoms with Crippen LogP contribution in [0.1, 0.15) is 31.6 Å². The van der Waals surface area contributed by atoms with E-state index in [1.807, 2.05) is 49.4 Å². The molecule has 0 fully saturated rings. The van der Waals surface area contributed by atoms with Crippen LogP contribution in [0.25, 0.3) is 22.2 Å². The number of nitrogens with one attached hydrogen (secondary N) is 3. The second-order valence-electron chi connectivity index (χ2n) is 7.26. The van der Waals surface area contributed by atoms with E-state index in [1.54, 1.807) is 18.3 Å². The van der Waals surface area contributed by atoms with Crippen LogP contribution < -0.4 is 10.9 Å². The summed E-state index contributed by atoms with van der Waals surface area (Å²) in [7, 11) is 0. The van der Waals surface area contributed by atoms with Gasteiger partial charge in [-0.05, 0) is 36.3 Å². The van der Waals surface area contributed by atoms with E-state index >= 15 is 0 Å². The first-order valence-corrected chi connectivity index (χ1v) is 10.6. The van der Waals surface area contributed by atoms with Crippen molar-refractivity contribution in [2.24, 2.45) is 0 Å². The zero-order valence-electron chi connectivity index (χ0n) is 17.1. The van der Waals surface area contributed by atoms with Crippen molar-refractivity contribution in [2.75, 3.05) is 0 Å². The normalized spacial score (nSPS) is 12.0. The summed E-state index contributed by atoms with van der Waals surface area (Å²) in [5, 5.41) is 3.55. The van der Waals surface area contributed by atoms with Gasteiger partial charge in [-0.1, -0.05) is 49.4 Å². The zero-order valence-corrected chi connectivity index (χ0v) is 17.9. The van der Waals surface area contributed by atoms with Crippen LogP contribution in [0.4, 0.5) is 0 Å². The van der Waals surface area contributed by atoms with Crippen molar-refractivity contribution in [3.05, 3.63) is 81.7 Å². The number of hydrogen-bond acceptors (Lipinski definition) is 4. The van der Waals surface area contributed by atoms with Crippen molar-refractivity contribution >= 4 is 29.0 Å². The molecule has 2 heterocycles. The summed E-state index contributed by atoms with van der Waals surface area (Å²) in [5.74, 6) is 0.536. The molecule has 4 aromatic rings. The Morgan fingerprint density at radius 1 is 1.13 bits per heavy atom. The summed E-state index contributed by atoms with van der Waals surface area (Å²) in [4.78, 5) is 36.1. The van der Waals surface area contributed by atoms with Crippen LogP contribution in [-0.2, 0) is 11.3 Å². The highest BCUT2D eigenvalue weighted by molar-refractivity contribution is 7.71. The number of H-pyrrole nitrogens is 2. The first kappa shape index (κ1) is 20.7. The maximum atomic E-state index is 12.7. The lowest BCUT2D eigenvalue weighted by Crippen LogP contribution is -2.31. The molecular weight excluding hydrogens is 410 g/mol. The lowest BCUT2D eigenvalue weighted by Gasteiger charge is -2.15. The van der Waals surface area contributed by atoms with Gasteiger partial charge in [0.05, 0.1) is 28.8 Å². The highest BCUT2D eigenvalue weighted by Gasteiger charge is 2.17. The molecule has 1 unspecified atom stereocenters. The lowest BCUT2D eigenvalue weighted by molar-refractivity contribution is -0.122. The Bertz CT molecular complexity index is 1320. The van der Waals surface area contributed by atoms with E-state index < -0.39 is 0 Å². The summed E-state index contributed by atoms with van der Waals surface area (Å²) >= 11 is 5.32. The molecule has 1 amide bonds. The van der Waals surface area contributed by atoms with Crippen molar-refractivity contribution in [1.82, 2.24) is 24.8 Å². The standard InChI is InChI=1S/C23H23N5O2S/c1-2-17(21-24-14-19(26-21)15-8-4-3-5-9-15)25-20(29)12-13-28-22(30)16-10-6-7-11-18(16)27-23(28)31/h3-11,14,17H,2,12-13H2,1H3,(H,24,26)(H,25,29)(H,27,31). The molecule has 2 aromatic heterocycles. The van der Waals surface area contributed by atoms with Gasteiger partial charge in [-0.3, -0.25) is 14.2 Å². The molecule has 0 aliphatic heterocycles. The van der Waals surface area contributed by atoms with E-state index in [1.165, 1.54) is 4.57 Å². The molecule has 0 aliphatic carbocycles. The van der Waals surface area contributed by atoms with Gasteiger partial charge in [0.2, 0.25) is 5.91 Å². The Kier molecular flexibility index (Phi) is 6.08. The number of aromatic amines is 2. The Morgan fingerprint density at radius 2 is 1.87 bits per heavy atom. The minimum absolute atomic E-state index is 0.137. The third-order valence-corrected chi connectivity index (χ3v) is 5.53. The maximum Gasteiger partial charge on any atom is 0.262 e. The SMILES string of the molecule is CCC(NC(=O)CCn1c(=S)[nH]c2ccccc2c1=O)c1ncc(-c2ccccc2)[nH]1. The lowest BCUT2D eigenvalue weighted by atomic mass is 10.2. The van der Waals surface area contributed by atoms with Gasteiger partial charge in [0.1, 0.15) is 5.82 Å². The van der Waals surface area contributed by atoms with Crippen LogP contribution in [0.3, 0.4) is 0 Å². The number of benzene rings is 2. The van der Waals surface area contributed by atoms with Crippen molar-refractivity contribution in [2.45, 2.75) is 32.4 Å². The van der Waals surface area contributed by atoms with Crippen LogP contribution in [0.2, 0.25) is 0 Å². The third-order valence-electron chi connectivity index (χ3n) is 5.21. The van der Waals surface area contributed by atoms with Crippen molar-refractivity contribution in [3.8, 4) is 11.3 Å². The van der Waals surface area contributed by atoms with Crippen molar-refractivity contribution < 1.29 is 4.79 Å². The molecule has 158 valence electrons. The number of fused-ring (bicyclic) bond motifs is 1. The molecule has 4 rings (SSSR count). The summed E-state index contributed by atoms with van der Waals surface area (Å²) in [6, 6.07) is 16.8. The van der Waals surface area contributed by atoms with Gasteiger partial charge in [0.25, 0.3) is 5.56 Å². The Morgan fingerprint density at radius 3 is 2.65 bits per heavy atom. The average Bonchev–Trinajstić information content (AvgIpc) is 3.28. The molecule has 0 bridgehead atoms. The number of imidazole rings is 1. The summed E-state index contributed by atoms with van der Waals surface area (Å²) < 4.78 is 1.74. The fourth-order valence-corrected chi connectivity index (χ4v) is 3.81. The number of hydrogen-bond donors (Lipinski definition) is 3. The molecule has 0 aliphatic rings. The van der Waals surface area contributed by atoms with Gasteiger partial charge < -0.3 is 15.3 Å². The molecule has 7 nitrogen and oxygen atoms in total. The second kappa shape index (κ2) is 9.09. The van der Waals surface area contributed by atoms with E-state index in [9.17, 15) is 9.59 Å². The fourth-order valence-electron chi connectivity index (χ4n) is 3.52. The maximum absolute atomic E-state index is 12.7. The molecular formula is C23H23N5O2S. The minimum Gasteiger partial charge on any atom is -0.346 e. The molecule has 1 atom stereocenters. The summed E-state index contributed by atoms with van der Waals surface area (Å²) in [6.45, 7) is 2.19. The predicted molar refractivity (Wildman–Crippen MR) is 123 cm³/mol. The molecule has 2 aromatic carbocycles. The Balaban J connectivity index is 1.45. The Hall–Kier alpha value is -3.52. The zero-order chi connectivity index (χ0) is 21.8. The topological polar surface area (TPSA) is 95.6 Å². The van der Waals surface area contributed by atoms with Crippen molar-refractivity contribution in [1.29, 1.82) is 0 Å². The number of rotatable bonds is 7. The summed E-state index contributed by atoms with van der Waals surface area (Å²) in [6.07, 6.45) is 2.59. The second-order valence-corrected chi connectivity index (χ2v) is 7.65. The van der Waals surface area contributed by atoms with Crippen LogP contribution >= 0.6 is 12.2 Å². The quantitative estimate of drug-likeness (QED) is 0.382. The van der Waals surface area contributed by atoms with E-state index in [2.05, 4.69) is 20.3 Å². The number of carbonyl (C=O) groups excluding carboxylic acids is 1. The van der Waals surface area contributed by atoms with E-state index in [4.69, 9.17) is 12.2 Å². The van der Waals surface area contributed by atoms with Crippen LogP contribution in [0, 0.1) is 4.77 Å². The molecule has 31 heavy (non-hydrogen) atoms. The van der Waals surface area contributed by atoms with E-state index in [0.717, 1.165) is 11.3 Å². The van der Waals surface area contributed by atoms with E-state index in [0.29, 0.717) is 27.9 Å². The van der Waals surface area contributed by atoms with Gasteiger partial charge in [0.15, 0.2) is 4.77 Å². The third kappa shape index (κ3) is 4.49. The smallest absolute Gasteiger partial charge is 0.262 e. The summed E-state index contributed by atoms with van der Waals surface area (Å²) in [5.41, 5.74) is 2.43. The van der Waals surface area contributed by atoms with Gasteiger partial charge in [-0.2, -0.15) is 0 Å². The number of amides is 1. The molecule has 0 saturated carbocycles. The first-order chi connectivity index (χ1) is 15.1. The molecule has 0 saturated heterocycles. The monoisotopic (exact) mass is 433 g/mol. The predicted octanol–water partition coefficient (Wildman–Crippen LogP) is 4.11. The van der Waals surface area contributed by atoms with E-state index in [-0.39, 0.29) is 30.5 Å². The molecule has 3 N–H and O–H groups in total. The van der Waals surface area contributed by atoms with Crippen LogP contribution in [0.15, 0.2) is 65.6 Å². The van der Waals surface area contributed by atoms with Crippen molar-refractivity contribution in [3.63, 3.8) is 0 Å². The number of carbonyl (C=O) groups is 1. The molecule has 0 radical (unpaired) electrons. The van der Waals surface area contributed by atoms with Crippen LogP contribution in [0.5, 0.6) is 0 Å². The first-order valence-electron chi connectivity index (χ1n) is 10.2. The highest BCUT2D eigenvalue weighted by atomic mass is 32.1. The largest absolute Gasteiger partial charge is 0.346 e.